The third-order valence-electron chi connectivity index (χ3n) is 1.30. The van der Waals surface area contributed by atoms with Crippen LogP contribution in [0.5, 0.6) is 0 Å². The smallest absolute Gasteiger partial charge is 0.00674 e. The van der Waals surface area contributed by atoms with Gasteiger partial charge in [-0.3, -0.25) is 0 Å². The van der Waals surface area contributed by atoms with E-state index in [0.717, 1.165) is 0 Å². The van der Waals surface area contributed by atoms with Gasteiger partial charge in [-0.1, -0.05) is 13.0 Å². The summed E-state index contributed by atoms with van der Waals surface area (Å²) < 4.78 is 0. The van der Waals surface area contributed by atoms with Crippen LogP contribution in [0.15, 0.2) is 12.7 Å². The van der Waals surface area contributed by atoms with Crippen LogP contribution in [-0.2, 0) is 0 Å². The van der Waals surface area contributed by atoms with Crippen molar-refractivity contribution < 1.29 is 0 Å². The Kier molecular flexibility index (Phi) is 9.17. The highest BCUT2D eigenvalue weighted by atomic mass is 32.2. The van der Waals surface area contributed by atoms with E-state index >= 15 is 0 Å². The van der Waals surface area contributed by atoms with Crippen molar-refractivity contribution in [1.29, 1.82) is 0 Å². The maximum Gasteiger partial charge on any atom is -0.00674 e. The molecule has 0 aromatic heterocycles. The fraction of sp³-hybridized carbons (Fsp3) is 0.778. The molecule has 0 atom stereocenters. The van der Waals surface area contributed by atoms with Crippen LogP contribution in [-0.4, -0.2) is 11.5 Å². The van der Waals surface area contributed by atoms with Gasteiger partial charge in [0.25, 0.3) is 0 Å². The first-order valence-corrected chi connectivity index (χ1v) is 5.26. The van der Waals surface area contributed by atoms with Gasteiger partial charge in [0.1, 0.15) is 0 Å². The van der Waals surface area contributed by atoms with Gasteiger partial charge >= 0.3 is 0 Å². The van der Waals surface area contributed by atoms with Crippen molar-refractivity contribution in [2.24, 2.45) is 0 Å². The number of thioether (sulfide) groups is 1. The number of hydrogen-bond donors (Lipinski definition) is 0. The van der Waals surface area contributed by atoms with Crippen molar-refractivity contribution in [3.05, 3.63) is 12.7 Å². The van der Waals surface area contributed by atoms with Crippen LogP contribution in [0, 0.1) is 0 Å². The van der Waals surface area contributed by atoms with Crippen molar-refractivity contribution in [1.82, 2.24) is 0 Å². The SMILES string of the molecule is C=CCCCCSCCC. The first-order valence-electron chi connectivity index (χ1n) is 4.10. The Balaban J connectivity index is 2.70. The third-order valence-corrected chi connectivity index (χ3v) is 2.57. The van der Waals surface area contributed by atoms with E-state index < -0.39 is 0 Å². The van der Waals surface area contributed by atoms with Crippen LogP contribution in [0.4, 0.5) is 0 Å². The van der Waals surface area contributed by atoms with E-state index in [2.05, 4.69) is 25.3 Å². The van der Waals surface area contributed by atoms with Crippen LogP contribution in [0.2, 0.25) is 0 Å². The monoisotopic (exact) mass is 158 g/mol. The molecule has 0 heterocycles. The van der Waals surface area contributed by atoms with Gasteiger partial charge in [-0.2, -0.15) is 11.8 Å². The van der Waals surface area contributed by atoms with Gasteiger partial charge in [0.05, 0.1) is 0 Å². The Labute approximate surface area is 69.1 Å². The Morgan fingerprint density at radius 1 is 1.30 bits per heavy atom. The van der Waals surface area contributed by atoms with E-state index in [4.69, 9.17) is 0 Å². The zero-order chi connectivity index (χ0) is 7.66. The molecule has 0 nitrogen and oxygen atoms in total. The Morgan fingerprint density at radius 3 is 2.70 bits per heavy atom. The molecular weight excluding hydrogens is 140 g/mol. The van der Waals surface area contributed by atoms with Gasteiger partial charge in [-0.25, -0.2) is 0 Å². The summed E-state index contributed by atoms with van der Waals surface area (Å²) in [6, 6.07) is 0. The van der Waals surface area contributed by atoms with E-state index in [0.29, 0.717) is 0 Å². The summed E-state index contributed by atoms with van der Waals surface area (Å²) in [6.45, 7) is 5.92. The maximum atomic E-state index is 3.69. The minimum absolute atomic E-state index is 1.19. The quantitative estimate of drug-likeness (QED) is 0.404. The van der Waals surface area contributed by atoms with Crippen LogP contribution in [0.3, 0.4) is 0 Å². The summed E-state index contributed by atoms with van der Waals surface area (Å²) in [7, 11) is 0. The first-order chi connectivity index (χ1) is 4.91. The fourth-order valence-corrected chi connectivity index (χ4v) is 1.64. The second-order valence-corrected chi connectivity index (χ2v) is 3.62. The lowest BCUT2D eigenvalue weighted by Gasteiger charge is -1.96. The van der Waals surface area contributed by atoms with E-state index in [-0.39, 0.29) is 0 Å². The van der Waals surface area contributed by atoms with E-state index in [9.17, 15) is 0 Å². The minimum atomic E-state index is 1.19. The summed E-state index contributed by atoms with van der Waals surface area (Å²) in [5.41, 5.74) is 0. The summed E-state index contributed by atoms with van der Waals surface area (Å²) in [4.78, 5) is 0. The zero-order valence-corrected chi connectivity index (χ0v) is 7.75. The molecule has 0 bridgehead atoms. The molecule has 0 aliphatic rings. The molecule has 0 saturated carbocycles. The average molecular weight is 158 g/mol. The van der Waals surface area contributed by atoms with Gasteiger partial charge in [0.2, 0.25) is 0 Å². The molecular formula is C9H18S. The third kappa shape index (κ3) is 8.09. The summed E-state index contributed by atoms with van der Waals surface area (Å²) in [5, 5.41) is 0. The second-order valence-electron chi connectivity index (χ2n) is 2.40. The molecule has 10 heavy (non-hydrogen) atoms. The fourth-order valence-electron chi connectivity index (χ4n) is 0.739. The molecule has 0 amide bonds. The highest BCUT2D eigenvalue weighted by Gasteiger charge is 1.86. The molecule has 0 fully saturated rings. The zero-order valence-electron chi connectivity index (χ0n) is 6.94. The van der Waals surface area contributed by atoms with Crippen LogP contribution < -0.4 is 0 Å². The van der Waals surface area contributed by atoms with Crippen LogP contribution in [0.1, 0.15) is 32.6 Å². The molecule has 1 heteroatoms. The van der Waals surface area contributed by atoms with E-state index in [1.165, 1.54) is 37.2 Å². The topological polar surface area (TPSA) is 0 Å². The molecule has 0 N–H and O–H groups in total. The Hall–Kier alpha value is 0.0900. The second kappa shape index (κ2) is 9.09. The Morgan fingerprint density at radius 2 is 2.10 bits per heavy atom. The number of hydrogen-bond acceptors (Lipinski definition) is 1. The number of rotatable bonds is 7. The Bertz CT molecular complexity index is 69.1. The summed E-state index contributed by atoms with van der Waals surface area (Å²) in [5.74, 6) is 2.66. The molecule has 0 aromatic carbocycles. The van der Waals surface area contributed by atoms with Crippen molar-refractivity contribution in [2.45, 2.75) is 32.6 Å². The lowest BCUT2D eigenvalue weighted by atomic mass is 10.2. The predicted octanol–water partition coefficient (Wildman–Crippen LogP) is 3.49. The molecule has 0 radical (unpaired) electrons. The standard InChI is InChI=1S/C9H18S/c1-3-5-6-7-9-10-8-4-2/h3H,1,4-9H2,2H3. The summed E-state index contributed by atoms with van der Waals surface area (Å²) in [6.07, 6.45) is 7.18. The van der Waals surface area contributed by atoms with Crippen molar-refractivity contribution in [3.63, 3.8) is 0 Å². The molecule has 60 valence electrons. The first kappa shape index (κ1) is 10.1. The van der Waals surface area contributed by atoms with Crippen LogP contribution in [0.25, 0.3) is 0 Å². The average Bonchev–Trinajstić information content (AvgIpc) is 1.97. The number of unbranched alkanes of at least 4 members (excludes halogenated alkanes) is 2. The van der Waals surface area contributed by atoms with Crippen molar-refractivity contribution in [2.75, 3.05) is 11.5 Å². The van der Waals surface area contributed by atoms with Gasteiger partial charge in [0.15, 0.2) is 0 Å². The molecule has 0 aliphatic heterocycles. The van der Waals surface area contributed by atoms with Gasteiger partial charge in [-0.05, 0) is 37.2 Å². The molecule has 0 unspecified atom stereocenters. The van der Waals surface area contributed by atoms with Crippen LogP contribution >= 0.6 is 11.8 Å². The van der Waals surface area contributed by atoms with Gasteiger partial charge < -0.3 is 0 Å². The maximum absolute atomic E-state index is 3.69. The molecule has 0 aliphatic carbocycles. The lowest BCUT2D eigenvalue weighted by Crippen LogP contribution is -1.81. The number of allylic oxidation sites excluding steroid dienone is 1. The van der Waals surface area contributed by atoms with Crippen molar-refractivity contribution >= 4 is 11.8 Å². The minimum Gasteiger partial charge on any atom is -0.162 e. The van der Waals surface area contributed by atoms with Crippen molar-refractivity contribution in [3.8, 4) is 0 Å². The van der Waals surface area contributed by atoms with Gasteiger partial charge in [-0.15, -0.1) is 6.58 Å². The summed E-state index contributed by atoms with van der Waals surface area (Å²) >= 11 is 2.07. The normalized spacial score (nSPS) is 9.70. The highest BCUT2D eigenvalue weighted by Crippen LogP contribution is 2.07. The predicted molar refractivity (Wildman–Crippen MR) is 51.7 cm³/mol. The highest BCUT2D eigenvalue weighted by molar-refractivity contribution is 7.99. The molecule has 0 rings (SSSR count). The lowest BCUT2D eigenvalue weighted by molar-refractivity contribution is 0.823. The molecule has 0 spiro atoms. The largest absolute Gasteiger partial charge is 0.162 e. The van der Waals surface area contributed by atoms with Gasteiger partial charge in [0, 0.05) is 0 Å². The van der Waals surface area contributed by atoms with E-state index in [1.54, 1.807) is 0 Å². The molecule has 0 saturated heterocycles. The molecule has 0 aromatic rings. The van der Waals surface area contributed by atoms with E-state index in [1.807, 2.05) is 6.08 Å².